The fourth-order valence-electron chi connectivity index (χ4n) is 3.43. The molecule has 25 heavy (non-hydrogen) atoms. The average Bonchev–Trinajstić information content (AvgIpc) is 3.28. The zero-order valence-electron chi connectivity index (χ0n) is 15.0. The molecule has 0 aliphatic carbocycles. The molecule has 1 aromatic carbocycles. The number of oxazole rings is 1. The molecule has 1 aliphatic rings. The van der Waals surface area contributed by atoms with Crippen molar-refractivity contribution in [3.05, 3.63) is 41.9 Å². The molecule has 0 N–H and O–H groups in total. The van der Waals surface area contributed by atoms with E-state index in [9.17, 15) is 0 Å². The molecule has 0 radical (unpaired) electrons. The number of aromatic nitrogens is 3. The SMILES string of the molecule is CC(C)c1noc([C@H](C)N2CCC[C@H](c3nc4ccccc4o3)C2)n1. The summed E-state index contributed by atoms with van der Waals surface area (Å²) in [6.45, 7) is 8.20. The Morgan fingerprint density at radius 1 is 1.16 bits per heavy atom. The second kappa shape index (κ2) is 6.59. The molecule has 2 atom stereocenters. The van der Waals surface area contributed by atoms with Crippen molar-refractivity contribution in [3.8, 4) is 0 Å². The molecular formula is C19H24N4O2. The van der Waals surface area contributed by atoms with Gasteiger partial charge in [0.2, 0.25) is 5.89 Å². The lowest BCUT2D eigenvalue weighted by Gasteiger charge is -2.34. The van der Waals surface area contributed by atoms with Crippen LogP contribution in [0, 0.1) is 0 Å². The predicted octanol–water partition coefficient (Wildman–Crippen LogP) is 4.27. The van der Waals surface area contributed by atoms with E-state index >= 15 is 0 Å². The minimum Gasteiger partial charge on any atom is -0.440 e. The number of piperidine rings is 1. The smallest absolute Gasteiger partial charge is 0.243 e. The highest BCUT2D eigenvalue weighted by atomic mass is 16.5. The Bertz CT molecular complexity index is 821. The second-order valence-electron chi connectivity index (χ2n) is 7.18. The molecule has 2 aromatic heterocycles. The molecule has 0 saturated carbocycles. The summed E-state index contributed by atoms with van der Waals surface area (Å²) in [6.07, 6.45) is 2.20. The van der Waals surface area contributed by atoms with Gasteiger partial charge in [-0.15, -0.1) is 0 Å². The minimum absolute atomic E-state index is 0.104. The first-order chi connectivity index (χ1) is 12.1. The van der Waals surface area contributed by atoms with Gasteiger partial charge in [-0.3, -0.25) is 4.90 Å². The number of nitrogens with zero attached hydrogens (tertiary/aromatic N) is 4. The molecule has 0 unspecified atom stereocenters. The molecule has 1 aliphatic heterocycles. The summed E-state index contributed by atoms with van der Waals surface area (Å²) in [5.41, 5.74) is 1.79. The van der Waals surface area contributed by atoms with E-state index in [-0.39, 0.29) is 12.0 Å². The molecule has 6 nitrogen and oxygen atoms in total. The molecule has 4 rings (SSSR count). The van der Waals surface area contributed by atoms with Crippen molar-refractivity contribution in [2.75, 3.05) is 13.1 Å². The van der Waals surface area contributed by atoms with Gasteiger partial charge in [0.15, 0.2) is 17.3 Å². The van der Waals surface area contributed by atoms with E-state index in [4.69, 9.17) is 8.94 Å². The van der Waals surface area contributed by atoms with Crippen LogP contribution in [0.15, 0.2) is 33.2 Å². The largest absolute Gasteiger partial charge is 0.440 e. The molecule has 1 saturated heterocycles. The highest BCUT2D eigenvalue weighted by Gasteiger charge is 2.30. The highest BCUT2D eigenvalue weighted by Crippen LogP contribution is 2.32. The molecule has 3 aromatic rings. The van der Waals surface area contributed by atoms with E-state index in [1.807, 2.05) is 24.3 Å². The first-order valence-electron chi connectivity index (χ1n) is 9.05. The number of benzene rings is 1. The Balaban J connectivity index is 1.51. The van der Waals surface area contributed by atoms with Crippen LogP contribution in [0.5, 0.6) is 0 Å². The van der Waals surface area contributed by atoms with Crippen molar-refractivity contribution < 1.29 is 8.94 Å². The maximum atomic E-state index is 5.99. The number of para-hydroxylation sites is 2. The third kappa shape index (κ3) is 3.18. The Morgan fingerprint density at radius 3 is 2.76 bits per heavy atom. The van der Waals surface area contributed by atoms with Gasteiger partial charge >= 0.3 is 0 Å². The maximum absolute atomic E-state index is 5.99. The Kier molecular flexibility index (Phi) is 4.29. The third-order valence-electron chi connectivity index (χ3n) is 4.99. The maximum Gasteiger partial charge on any atom is 0.243 e. The van der Waals surface area contributed by atoms with Crippen LogP contribution in [0.25, 0.3) is 11.1 Å². The van der Waals surface area contributed by atoms with Gasteiger partial charge < -0.3 is 8.94 Å². The van der Waals surface area contributed by atoms with Crippen molar-refractivity contribution in [3.63, 3.8) is 0 Å². The molecule has 0 amide bonds. The monoisotopic (exact) mass is 340 g/mol. The van der Waals surface area contributed by atoms with Crippen LogP contribution < -0.4 is 0 Å². The first-order valence-corrected chi connectivity index (χ1v) is 9.05. The van der Waals surface area contributed by atoms with Crippen LogP contribution in [0.4, 0.5) is 0 Å². The summed E-state index contributed by atoms with van der Waals surface area (Å²) >= 11 is 0. The lowest BCUT2D eigenvalue weighted by atomic mass is 9.97. The summed E-state index contributed by atoms with van der Waals surface area (Å²) in [5.74, 6) is 2.89. The summed E-state index contributed by atoms with van der Waals surface area (Å²) in [7, 11) is 0. The van der Waals surface area contributed by atoms with Crippen molar-refractivity contribution in [1.29, 1.82) is 0 Å². The fraction of sp³-hybridized carbons (Fsp3) is 0.526. The molecule has 0 spiro atoms. The highest BCUT2D eigenvalue weighted by molar-refractivity contribution is 5.72. The minimum atomic E-state index is 0.104. The molecule has 0 bridgehead atoms. The van der Waals surface area contributed by atoms with Crippen molar-refractivity contribution in [1.82, 2.24) is 20.0 Å². The number of hydrogen-bond donors (Lipinski definition) is 0. The second-order valence-corrected chi connectivity index (χ2v) is 7.18. The standard InChI is InChI=1S/C19H24N4O2/c1-12(2)17-21-18(25-22-17)13(3)23-10-6-7-14(11-23)19-20-15-8-4-5-9-16(15)24-19/h4-5,8-9,12-14H,6-7,10-11H2,1-3H3/t13-,14-/m0/s1. The number of hydrogen-bond acceptors (Lipinski definition) is 6. The Labute approximate surface area is 147 Å². The zero-order valence-corrected chi connectivity index (χ0v) is 15.0. The van der Waals surface area contributed by atoms with Crippen LogP contribution in [0.1, 0.15) is 69.1 Å². The topological polar surface area (TPSA) is 68.2 Å². The number of likely N-dealkylation sites (tertiary alicyclic amines) is 1. The number of fused-ring (bicyclic) bond motifs is 1. The van der Waals surface area contributed by atoms with Crippen LogP contribution in [-0.2, 0) is 0 Å². The lowest BCUT2D eigenvalue weighted by molar-refractivity contribution is 0.126. The van der Waals surface area contributed by atoms with E-state index in [1.54, 1.807) is 0 Å². The molecule has 3 heterocycles. The van der Waals surface area contributed by atoms with Gasteiger partial charge in [-0.2, -0.15) is 4.98 Å². The molecule has 132 valence electrons. The van der Waals surface area contributed by atoms with E-state index in [0.717, 1.165) is 48.7 Å². The normalized spacial score (nSPS) is 20.4. The van der Waals surface area contributed by atoms with E-state index in [2.05, 4.69) is 40.8 Å². The van der Waals surface area contributed by atoms with Gasteiger partial charge in [0.25, 0.3) is 0 Å². The molecular weight excluding hydrogens is 316 g/mol. The first kappa shape index (κ1) is 16.3. The van der Waals surface area contributed by atoms with Crippen LogP contribution in [0.3, 0.4) is 0 Å². The van der Waals surface area contributed by atoms with Gasteiger partial charge in [-0.25, -0.2) is 4.98 Å². The predicted molar refractivity (Wildman–Crippen MR) is 94.4 cm³/mol. The van der Waals surface area contributed by atoms with Gasteiger partial charge in [-0.1, -0.05) is 31.1 Å². The van der Waals surface area contributed by atoms with Crippen LogP contribution in [-0.4, -0.2) is 33.1 Å². The van der Waals surface area contributed by atoms with Gasteiger partial charge in [0.1, 0.15) is 5.52 Å². The van der Waals surface area contributed by atoms with Crippen LogP contribution >= 0.6 is 0 Å². The summed E-state index contributed by atoms with van der Waals surface area (Å²) in [4.78, 5) is 11.6. The quantitative estimate of drug-likeness (QED) is 0.706. The van der Waals surface area contributed by atoms with Gasteiger partial charge in [-0.05, 0) is 38.4 Å². The average molecular weight is 340 g/mol. The molecule has 1 fully saturated rings. The van der Waals surface area contributed by atoms with Crippen molar-refractivity contribution in [2.45, 2.75) is 51.5 Å². The summed E-state index contributed by atoms with van der Waals surface area (Å²) in [6, 6.07) is 8.05. The van der Waals surface area contributed by atoms with Gasteiger partial charge in [0.05, 0.1) is 6.04 Å². The zero-order chi connectivity index (χ0) is 17.4. The lowest BCUT2D eigenvalue weighted by Crippen LogP contribution is -2.36. The third-order valence-corrected chi connectivity index (χ3v) is 4.99. The Morgan fingerprint density at radius 2 is 2.00 bits per heavy atom. The van der Waals surface area contributed by atoms with E-state index in [0.29, 0.717) is 11.8 Å². The summed E-state index contributed by atoms with van der Waals surface area (Å²) < 4.78 is 11.5. The van der Waals surface area contributed by atoms with Crippen LogP contribution in [0.2, 0.25) is 0 Å². The molecule has 6 heteroatoms. The number of rotatable bonds is 4. The van der Waals surface area contributed by atoms with Crippen molar-refractivity contribution in [2.24, 2.45) is 0 Å². The fourth-order valence-corrected chi connectivity index (χ4v) is 3.43. The van der Waals surface area contributed by atoms with Crippen molar-refractivity contribution >= 4 is 11.1 Å². The van der Waals surface area contributed by atoms with E-state index in [1.165, 1.54) is 0 Å². The summed E-state index contributed by atoms with van der Waals surface area (Å²) in [5, 5.41) is 4.09. The van der Waals surface area contributed by atoms with E-state index < -0.39 is 0 Å². The Hall–Kier alpha value is -2.21. The van der Waals surface area contributed by atoms with Gasteiger partial charge in [0, 0.05) is 18.4 Å².